The summed E-state index contributed by atoms with van der Waals surface area (Å²) in [5, 5.41) is 4.07. The summed E-state index contributed by atoms with van der Waals surface area (Å²) in [5.74, 6) is 0.754. The number of hydrogen-bond acceptors (Lipinski definition) is 6. The quantitative estimate of drug-likeness (QED) is 0.428. The third kappa shape index (κ3) is 4.57. The normalized spacial score (nSPS) is 11.6. The van der Waals surface area contributed by atoms with Gasteiger partial charge < -0.3 is 10.1 Å². The van der Waals surface area contributed by atoms with Gasteiger partial charge in [-0.25, -0.2) is 15.0 Å². The predicted molar refractivity (Wildman–Crippen MR) is 111 cm³/mol. The fraction of sp³-hybridized carbons (Fsp3) is 0.143. The first-order chi connectivity index (χ1) is 14.8. The fourth-order valence-corrected chi connectivity index (χ4v) is 3.15. The molecular weight excluding hydrogens is 431 g/mol. The molecule has 0 spiro atoms. The fourth-order valence-electron chi connectivity index (χ4n) is 2.93. The number of benzene rings is 1. The standard InChI is InChI=1S/C21H15ClF3N5O/c1-31-11-17-29-19(27-13-6-4-12(5-7-13)21(23,24)25)14-8-9-16(28-20(14)30-17)18-15(22)3-2-10-26-18/h2-10H,11H2,1H3,(H,27,28,29,30). The number of aromatic nitrogens is 4. The van der Waals surface area contributed by atoms with E-state index in [1.807, 2.05) is 0 Å². The minimum atomic E-state index is -4.40. The van der Waals surface area contributed by atoms with Crippen molar-refractivity contribution in [2.45, 2.75) is 12.8 Å². The zero-order chi connectivity index (χ0) is 22.0. The summed E-state index contributed by atoms with van der Waals surface area (Å²) in [4.78, 5) is 17.7. The summed E-state index contributed by atoms with van der Waals surface area (Å²) in [7, 11) is 1.51. The smallest absolute Gasteiger partial charge is 0.377 e. The van der Waals surface area contributed by atoms with Gasteiger partial charge in [-0.2, -0.15) is 13.2 Å². The number of pyridine rings is 2. The molecule has 1 aromatic carbocycles. The predicted octanol–water partition coefficient (Wildman–Crippen LogP) is 5.65. The van der Waals surface area contributed by atoms with Gasteiger partial charge in [0.15, 0.2) is 11.5 Å². The van der Waals surface area contributed by atoms with Crippen molar-refractivity contribution in [1.82, 2.24) is 19.9 Å². The third-order valence-corrected chi connectivity index (χ3v) is 4.66. The molecule has 6 nitrogen and oxygen atoms in total. The van der Waals surface area contributed by atoms with Gasteiger partial charge in [0.05, 0.1) is 21.7 Å². The minimum Gasteiger partial charge on any atom is -0.377 e. The van der Waals surface area contributed by atoms with Crippen molar-refractivity contribution in [1.29, 1.82) is 0 Å². The Morgan fingerprint density at radius 3 is 2.45 bits per heavy atom. The van der Waals surface area contributed by atoms with Gasteiger partial charge in [-0.05, 0) is 48.5 Å². The number of ether oxygens (including phenoxy) is 1. The Bertz CT molecular complexity index is 1230. The summed E-state index contributed by atoms with van der Waals surface area (Å²) in [6.07, 6.45) is -2.79. The highest BCUT2D eigenvalue weighted by Gasteiger charge is 2.30. The lowest BCUT2D eigenvalue weighted by atomic mass is 10.2. The molecule has 0 bridgehead atoms. The minimum absolute atomic E-state index is 0.133. The van der Waals surface area contributed by atoms with Crippen molar-refractivity contribution in [2.75, 3.05) is 12.4 Å². The topological polar surface area (TPSA) is 72.8 Å². The van der Waals surface area contributed by atoms with Gasteiger partial charge >= 0.3 is 6.18 Å². The molecule has 0 saturated carbocycles. The lowest BCUT2D eigenvalue weighted by Crippen LogP contribution is -2.06. The summed E-state index contributed by atoms with van der Waals surface area (Å²) in [5.41, 5.74) is 1.11. The molecule has 1 N–H and O–H groups in total. The zero-order valence-corrected chi connectivity index (χ0v) is 16.9. The number of nitrogens with zero attached hydrogens (tertiary/aromatic N) is 4. The van der Waals surface area contributed by atoms with Gasteiger partial charge in [0.2, 0.25) is 0 Å². The van der Waals surface area contributed by atoms with Crippen molar-refractivity contribution in [3.8, 4) is 11.4 Å². The van der Waals surface area contributed by atoms with E-state index in [1.165, 1.54) is 19.2 Å². The van der Waals surface area contributed by atoms with Crippen LogP contribution in [0, 0.1) is 0 Å². The maximum Gasteiger partial charge on any atom is 0.416 e. The van der Waals surface area contributed by atoms with Crippen LogP contribution in [0.25, 0.3) is 22.4 Å². The van der Waals surface area contributed by atoms with Crippen LogP contribution >= 0.6 is 11.6 Å². The summed E-state index contributed by atoms with van der Waals surface area (Å²) in [6, 6.07) is 11.6. The summed E-state index contributed by atoms with van der Waals surface area (Å²) in [6.45, 7) is 0.133. The van der Waals surface area contributed by atoms with Crippen LogP contribution in [-0.4, -0.2) is 27.0 Å². The molecular formula is C21H15ClF3N5O. The second kappa shape index (κ2) is 8.44. The van der Waals surface area contributed by atoms with Crippen LogP contribution in [-0.2, 0) is 17.5 Å². The van der Waals surface area contributed by atoms with Crippen LogP contribution < -0.4 is 5.32 Å². The van der Waals surface area contributed by atoms with Gasteiger partial charge in [0.25, 0.3) is 0 Å². The van der Waals surface area contributed by atoms with E-state index in [9.17, 15) is 13.2 Å². The number of methoxy groups -OCH3 is 1. The van der Waals surface area contributed by atoms with E-state index in [1.54, 1.807) is 30.5 Å². The third-order valence-electron chi connectivity index (χ3n) is 4.36. The molecule has 0 aliphatic rings. The van der Waals surface area contributed by atoms with Crippen LogP contribution in [0.1, 0.15) is 11.4 Å². The van der Waals surface area contributed by atoms with E-state index in [4.69, 9.17) is 16.3 Å². The SMILES string of the molecule is COCc1nc(Nc2ccc(C(F)(F)F)cc2)c2ccc(-c3ncccc3Cl)nc2n1. The van der Waals surface area contributed by atoms with Crippen molar-refractivity contribution in [3.05, 3.63) is 71.1 Å². The zero-order valence-electron chi connectivity index (χ0n) is 16.1. The molecule has 0 unspecified atom stereocenters. The first-order valence-electron chi connectivity index (χ1n) is 9.07. The van der Waals surface area contributed by atoms with E-state index in [2.05, 4.69) is 25.3 Å². The van der Waals surface area contributed by atoms with Crippen molar-refractivity contribution in [2.24, 2.45) is 0 Å². The molecule has 4 rings (SSSR count). The van der Waals surface area contributed by atoms with Crippen molar-refractivity contribution >= 4 is 34.1 Å². The molecule has 10 heteroatoms. The highest BCUT2D eigenvalue weighted by molar-refractivity contribution is 6.32. The highest BCUT2D eigenvalue weighted by atomic mass is 35.5. The van der Waals surface area contributed by atoms with Gasteiger partial charge in [0.1, 0.15) is 18.1 Å². The second-order valence-electron chi connectivity index (χ2n) is 6.52. The Labute approximate surface area is 180 Å². The maximum absolute atomic E-state index is 12.8. The van der Waals surface area contributed by atoms with E-state index in [0.29, 0.717) is 44.8 Å². The summed E-state index contributed by atoms with van der Waals surface area (Å²) < 4.78 is 43.6. The average Bonchev–Trinajstić information content (AvgIpc) is 2.74. The highest BCUT2D eigenvalue weighted by Crippen LogP contribution is 2.32. The monoisotopic (exact) mass is 445 g/mol. The average molecular weight is 446 g/mol. The Kier molecular flexibility index (Phi) is 5.71. The van der Waals surface area contributed by atoms with Gasteiger partial charge in [-0.1, -0.05) is 11.6 Å². The molecule has 0 fully saturated rings. The van der Waals surface area contributed by atoms with Crippen LogP contribution in [0.4, 0.5) is 24.7 Å². The maximum atomic E-state index is 12.8. The molecule has 0 atom stereocenters. The lowest BCUT2D eigenvalue weighted by Gasteiger charge is -2.12. The first-order valence-corrected chi connectivity index (χ1v) is 9.45. The van der Waals surface area contributed by atoms with E-state index in [-0.39, 0.29) is 6.61 Å². The molecule has 0 amide bonds. The molecule has 158 valence electrons. The van der Waals surface area contributed by atoms with Gasteiger partial charge in [-0.15, -0.1) is 0 Å². The van der Waals surface area contributed by atoms with Crippen LogP contribution in [0.5, 0.6) is 0 Å². The Balaban J connectivity index is 1.76. The molecule has 3 heterocycles. The van der Waals surface area contributed by atoms with Crippen LogP contribution in [0.3, 0.4) is 0 Å². The Hall–Kier alpha value is -3.30. The van der Waals surface area contributed by atoms with E-state index < -0.39 is 11.7 Å². The number of anilines is 2. The number of fused-ring (bicyclic) bond motifs is 1. The second-order valence-corrected chi connectivity index (χ2v) is 6.93. The van der Waals surface area contributed by atoms with Gasteiger partial charge in [0, 0.05) is 19.0 Å². The number of alkyl halides is 3. The van der Waals surface area contributed by atoms with Crippen molar-refractivity contribution in [3.63, 3.8) is 0 Å². The molecule has 3 aromatic heterocycles. The number of hydrogen-bond donors (Lipinski definition) is 1. The summed E-state index contributed by atoms with van der Waals surface area (Å²) >= 11 is 6.23. The van der Waals surface area contributed by atoms with Gasteiger partial charge in [-0.3, -0.25) is 4.98 Å². The Morgan fingerprint density at radius 2 is 1.77 bits per heavy atom. The molecule has 0 aliphatic heterocycles. The first kappa shape index (κ1) is 21.0. The lowest BCUT2D eigenvalue weighted by molar-refractivity contribution is -0.137. The molecule has 0 saturated heterocycles. The van der Waals surface area contributed by atoms with Crippen molar-refractivity contribution < 1.29 is 17.9 Å². The Morgan fingerprint density at radius 1 is 1.00 bits per heavy atom. The van der Waals surface area contributed by atoms with Crippen LogP contribution in [0.2, 0.25) is 5.02 Å². The number of nitrogens with one attached hydrogen (secondary N) is 1. The van der Waals surface area contributed by atoms with E-state index >= 15 is 0 Å². The number of rotatable bonds is 5. The number of halogens is 4. The van der Waals surface area contributed by atoms with Crippen LogP contribution in [0.15, 0.2) is 54.7 Å². The molecule has 0 radical (unpaired) electrons. The largest absolute Gasteiger partial charge is 0.416 e. The molecule has 4 aromatic rings. The molecule has 0 aliphatic carbocycles. The molecule has 31 heavy (non-hydrogen) atoms. The van der Waals surface area contributed by atoms with E-state index in [0.717, 1.165) is 12.1 Å².